The van der Waals surface area contributed by atoms with Gasteiger partial charge in [0.05, 0.1) is 18.2 Å². The summed E-state index contributed by atoms with van der Waals surface area (Å²) in [5.74, 6) is -0.584. The van der Waals surface area contributed by atoms with Gasteiger partial charge in [-0.25, -0.2) is 14.8 Å². The van der Waals surface area contributed by atoms with E-state index in [2.05, 4.69) is 30.7 Å². The Hall–Kier alpha value is -3.14. The van der Waals surface area contributed by atoms with Crippen molar-refractivity contribution in [3.05, 3.63) is 54.2 Å². The van der Waals surface area contributed by atoms with E-state index in [1.54, 1.807) is 18.2 Å². The SMILES string of the molecule is O=C(CSc1nnc(-c2cnccn2)o1)N/N=C/c1ccccc1F. The number of hydrazone groups is 1. The third kappa shape index (κ3) is 4.67. The molecule has 1 amide bonds. The number of carbonyl (C=O) groups is 1. The molecule has 0 saturated carbocycles. The topological polar surface area (TPSA) is 106 Å². The first kappa shape index (κ1) is 16.7. The summed E-state index contributed by atoms with van der Waals surface area (Å²) in [7, 11) is 0. The van der Waals surface area contributed by atoms with Crippen LogP contribution in [0, 0.1) is 5.82 Å². The van der Waals surface area contributed by atoms with Gasteiger partial charge in [-0.3, -0.25) is 9.78 Å². The fourth-order valence-corrected chi connectivity index (χ4v) is 2.25. The van der Waals surface area contributed by atoms with Gasteiger partial charge in [-0.15, -0.1) is 10.2 Å². The van der Waals surface area contributed by atoms with Crippen LogP contribution < -0.4 is 5.43 Å². The van der Waals surface area contributed by atoms with Crippen LogP contribution in [0.4, 0.5) is 4.39 Å². The van der Waals surface area contributed by atoms with E-state index in [4.69, 9.17) is 4.42 Å². The summed E-state index contributed by atoms with van der Waals surface area (Å²) in [5.41, 5.74) is 3.02. The quantitative estimate of drug-likeness (QED) is 0.407. The Kier molecular flexibility index (Phi) is 5.42. The van der Waals surface area contributed by atoms with Crippen LogP contribution in [-0.4, -0.2) is 38.0 Å². The Bertz CT molecular complexity index is 886. The van der Waals surface area contributed by atoms with E-state index in [1.165, 1.54) is 30.9 Å². The number of nitrogens with zero attached hydrogens (tertiary/aromatic N) is 5. The van der Waals surface area contributed by atoms with Gasteiger partial charge in [-0.2, -0.15) is 5.10 Å². The zero-order chi connectivity index (χ0) is 17.5. The van der Waals surface area contributed by atoms with Crippen LogP contribution in [0.3, 0.4) is 0 Å². The molecule has 0 aliphatic heterocycles. The average molecular weight is 358 g/mol. The maximum Gasteiger partial charge on any atom is 0.277 e. The van der Waals surface area contributed by atoms with Crippen molar-refractivity contribution in [1.82, 2.24) is 25.6 Å². The monoisotopic (exact) mass is 358 g/mol. The van der Waals surface area contributed by atoms with Crippen molar-refractivity contribution in [2.45, 2.75) is 5.22 Å². The van der Waals surface area contributed by atoms with E-state index >= 15 is 0 Å². The summed E-state index contributed by atoms with van der Waals surface area (Å²) in [6.45, 7) is 0. The normalized spacial score (nSPS) is 10.9. The van der Waals surface area contributed by atoms with Gasteiger partial charge in [0.15, 0.2) is 0 Å². The molecular formula is C15H11FN6O2S. The lowest BCUT2D eigenvalue weighted by molar-refractivity contribution is -0.118. The molecule has 8 nitrogen and oxygen atoms in total. The Morgan fingerprint density at radius 2 is 2.20 bits per heavy atom. The van der Waals surface area contributed by atoms with Gasteiger partial charge >= 0.3 is 0 Å². The molecule has 0 atom stereocenters. The van der Waals surface area contributed by atoms with Crippen molar-refractivity contribution in [2.75, 3.05) is 5.75 Å². The van der Waals surface area contributed by atoms with Crippen molar-refractivity contribution < 1.29 is 13.6 Å². The number of benzene rings is 1. The highest BCUT2D eigenvalue weighted by atomic mass is 32.2. The highest BCUT2D eigenvalue weighted by molar-refractivity contribution is 7.99. The van der Waals surface area contributed by atoms with Crippen molar-refractivity contribution in [1.29, 1.82) is 0 Å². The molecule has 10 heteroatoms. The molecule has 0 aliphatic carbocycles. The molecule has 0 spiro atoms. The largest absolute Gasteiger partial charge is 0.410 e. The van der Waals surface area contributed by atoms with E-state index in [9.17, 15) is 9.18 Å². The first-order valence-corrected chi connectivity index (χ1v) is 8.00. The van der Waals surface area contributed by atoms with E-state index < -0.39 is 11.7 Å². The number of carbonyl (C=O) groups excluding carboxylic acids is 1. The molecular weight excluding hydrogens is 347 g/mol. The third-order valence-corrected chi connectivity index (χ3v) is 3.63. The summed E-state index contributed by atoms with van der Waals surface area (Å²) in [4.78, 5) is 19.7. The predicted octanol–water partition coefficient (Wildman–Crippen LogP) is 1.91. The van der Waals surface area contributed by atoms with Crippen LogP contribution in [-0.2, 0) is 4.79 Å². The van der Waals surface area contributed by atoms with Crippen LogP contribution in [0.25, 0.3) is 11.6 Å². The van der Waals surface area contributed by atoms with Crippen LogP contribution in [0.15, 0.2) is 57.6 Å². The molecule has 0 radical (unpaired) electrons. The third-order valence-electron chi connectivity index (χ3n) is 2.81. The van der Waals surface area contributed by atoms with Crippen LogP contribution in [0.2, 0.25) is 0 Å². The van der Waals surface area contributed by atoms with E-state index in [0.29, 0.717) is 5.69 Å². The highest BCUT2D eigenvalue weighted by Crippen LogP contribution is 2.20. The summed E-state index contributed by atoms with van der Waals surface area (Å²) in [6, 6.07) is 6.10. The number of nitrogens with one attached hydrogen (secondary N) is 1. The zero-order valence-corrected chi connectivity index (χ0v) is 13.5. The molecule has 2 heterocycles. The molecule has 1 aromatic carbocycles. The minimum atomic E-state index is -0.419. The lowest BCUT2D eigenvalue weighted by atomic mass is 10.2. The number of amides is 1. The van der Waals surface area contributed by atoms with Gasteiger partial charge < -0.3 is 4.42 Å². The van der Waals surface area contributed by atoms with Crippen LogP contribution in [0.5, 0.6) is 0 Å². The molecule has 0 unspecified atom stereocenters. The number of thioether (sulfide) groups is 1. The zero-order valence-electron chi connectivity index (χ0n) is 12.7. The molecule has 0 fully saturated rings. The molecule has 1 N–H and O–H groups in total. The Morgan fingerprint density at radius 1 is 1.32 bits per heavy atom. The van der Waals surface area contributed by atoms with Crippen molar-refractivity contribution >= 4 is 23.9 Å². The van der Waals surface area contributed by atoms with Crippen molar-refractivity contribution in [2.24, 2.45) is 5.10 Å². The minimum absolute atomic E-state index is 0.0106. The van der Waals surface area contributed by atoms with E-state index in [0.717, 1.165) is 11.8 Å². The number of halogens is 1. The highest BCUT2D eigenvalue weighted by Gasteiger charge is 2.11. The summed E-state index contributed by atoms with van der Waals surface area (Å²) < 4.78 is 18.8. The van der Waals surface area contributed by atoms with Crippen molar-refractivity contribution in [3.8, 4) is 11.6 Å². The second-order valence-corrected chi connectivity index (χ2v) is 5.49. The summed E-state index contributed by atoms with van der Waals surface area (Å²) >= 11 is 1.04. The first-order chi connectivity index (χ1) is 12.2. The number of hydrogen-bond acceptors (Lipinski definition) is 8. The number of hydrogen-bond donors (Lipinski definition) is 1. The van der Waals surface area contributed by atoms with Gasteiger partial charge in [-0.05, 0) is 6.07 Å². The second-order valence-electron chi connectivity index (χ2n) is 4.57. The molecule has 3 aromatic rings. The molecule has 0 saturated heterocycles. The maximum atomic E-state index is 13.4. The fourth-order valence-electron chi connectivity index (χ4n) is 1.69. The molecule has 0 bridgehead atoms. The lowest BCUT2D eigenvalue weighted by Gasteiger charge is -1.98. The summed E-state index contributed by atoms with van der Waals surface area (Å²) in [6.07, 6.45) is 5.76. The number of aromatic nitrogens is 4. The molecule has 126 valence electrons. The predicted molar refractivity (Wildman–Crippen MR) is 88.2 cm³/mol. The van der Waals surface area contributed by atoms with Gasteiger partial charge in [0.25, 0.3) is 17.0 Å². The van der Waals surface area contributed by atoms with Gasteiger partial charge in [-0.1, -0.05) is 30.0 Å². The Balaban J connectivity index is 1.50. The smallest absolute Gasteiger partial charge is 0.277 e. The number of rotatable bonds is 6. The van der Waals surface area contributed by atoms with E-state index in [1.807, 2.05) is 0 Å². The fraction of sp³-hybridized carbons (Fsp3) is 0.0667. The second kappa shape index (κ2) is 8.11. The molecule has 25 heavy (non-hydrogen) atoms. The van der Waals surface area contributed by atoms with Gasteiger partial charge in [0.1, 0.15) is 11.5 Å². The molecule has 0 aliphatic rings. The van der Waals surface area contributed by atoms with Crippen LogP contribution >= 0.6 is 11.8 Å². The Labute approximate surface area is 145 Å². The maximum absolute atomic E-state index is 13.4. The average Bonchev–Trinajstić information content (AvgIpc) is 3.11. The summed E-state index contributed by atoms with van der Waals surface area (Å²) in [5, 5.41) is 11.6. The molecule has 2 aromatic heterocycles. The first-order valence-electron chi connectivity index (χ1n) is 7.01. The molecule has 3 rings (SSSR count). The Morgan fingerprint density at radius 3 is 3.00 bits per heavy atom. The standard InChI is InChI=1S/C15H11FN6O2S/c16-11-4-2-1-3-10(11)7-19-20-13(23)9-25-15-22-21-14(24-15)12-8-17-5-6-18-12/h1-8H,9H2,(H,20,23)/b19-7+. The van der Waals surface area contributed by atoms with Gasteiger partial charge in [0.2, 0.25) is 0 Å². The van der Waals surface area contributed by atoms with Crippen molar-refractivity contribution in [3.63, 3.8) is 0 Å². The minimum Gasteiger partial charge on any atom is -0.410 e. The van der Waals surface area contributed by atoms with Crippen LogP contribution in [0.1, 0.15) is 5.56 Å². The van der Waals surface area contributed by atoms with E-state index in [-0.39, 0.29) is 22.4 Å². The lowest BCUT2D eigenvalue weighted by Crippen LogP contribution is -2.19. The van der Waals surface area contributed by atoms with Gasteiger partial charge in [0, 0.05) is 18.0 Å².